The molecule has 0 aliphatic rings. The predicted molar refractivity (Wildman–Crippen MR) is 348 cm³/mol. The molecule has 1 amide bonds. The van der Waals surface area contributed by atoms with Gasteiger partial charge >= 0.3 is 0 Å². The van der Waals surface area contributed by atoms with Crippen LogP contribution in [0, 0.1) is 0 Å². The van der Waals surface area contributed by atoms with Crippen LogP contribution < -0.4 is 10.2 Å². The van der Waals surface area contributed by atoms with Gasteiger partial charge in [0.1, 0.15) is 13.2 Å². The summed E-state index contributed by atoms with van der Waals surface area (Å²) in [5.74, 6) is -0.207. The van der Waals surface area contributed by atoms with E-state index in [-0.39, 0.29) is 12.5 Å². The fourth-order valence-electron chi connectivity index (χ4n) is 10.3. The third kappa shape index (κ3) is 63.8. The first-order chi connectivity index (χ1) is 39.0. The van der Waals surface area contributed by atoms with Crippen molar-refractivity contribution >= 4 is 13.7 Å². The number of amides is 1. The van der Waals surface area contributed by atoms with E-state index in [1.165, 1.54) is 263 Å². The summed E-state index contributed by atoms with van der Waals surface area (Å²) in [5, 5.41) is 13.9. The maximum atomic E-state index is 13.0. The van der Waals surface area contributed by atoms with Crippen LogP contribution in [0.3, 0.4) is 0 Å². The van der Waals surface area contributed by atoms with Crippen molar-refractivity contribution in [3.05, 3.63) is 60.8 Å². The molecule has 8 nitrogen and oxygen atoms in total. The van der Waals surface area contributed by atoms with Crippen LogP contribution >= 0.6 is 7.82 Å². The number of nitrogens with zero attached hydrogens (tertiary/aromatic N) is 1. The monoisotopic (exact) mass is 1140 g/mol. The van der Waals surface area contributed by atoms with Gasteiger partial charge in [0.05, 0.1) is 39.9 Å². The summed E-state index contributed by atoms with van der Waals surface area (Å²) in [6.07, 6.45) is 84.9. The highest BCUT2D eigenvalue weighted by molar-refractivity contribution is 7.45. The SMILES string of the molecule is CCCCCCC/C=C\C/C=C\CCCCCCCCCCCCCCCCCCCCCC(=O)NC(COP(=O)([O-])OCC[N+](C)(C)C)C(O)/C=C/CC/C=C/CC/C=C/CCCCCCCCCCCCCCCCCCC. The summed E-state index contributed by atoms with van der Waals surface area (Å²) >= 11 is 0. The number of carbonyl (C=O) groups excluding carboxylic acids is 1. The topological polar surface area (TPSA) is 108 Å². The molecule has 0 aromatic heterocycles. The average Bonchev–Trinajstić information content (AvgIpc) is 3.42. The number of nitrogens with one attached hydrogen (secondary N) is 1. The van der Waals surface area contributed by atoms with Gasteiger partial charge < -0.3 is 28.8 Å². The molecule has 0 aliphatic heterocycles. The molecule has 0 saturated heterocycles. The van der Waals surface area contributed by atoms with Gasteiger partial charge in [0, 0.05) is 6.42 Å². The van der Waals surface area contributed by atoms with Gasteiger partial charge in [-0.3, -0.25) is 9.36 Å². The maximum Gasteiger partial charge on any atom is 0.268 e. The fraction of sp³-hybridized carbons (Fsp3) is 0.845. The minimum Gasteiger partial charge on any atom is -0.756 e. The Hall–Kier alpha value is -1.80. The molecule has 0 saturated carbocycles. The van der Waals surface area contributed by atoms with Gasteiger partial charge in [0.2, 0.25) is 5.91 Å². The molecular formula is C71H135N2O6P. The lowest BCUT2D eigenvalue weighted by Crippen LogP contribution is -2.45. The van der Waals surface area contributed by atoms with Crippen molar-refractivity contribution in [2.45, 2.75) is 347 Å². The van der Waals surface area contributed by atoms with Crippen molar-refractivity contribution in [2.24, 2.45) is 0 Å². The van der Waals surface area contributed by atoms with Crippen LogP contribution in [0.25, 0.3) is 0 Å². The van der Waals surface area contributed by atoms with Crippen LogP contribution in [-0.2, 0) is 18.4 Å². The van der Waals surface area contributed by atoms with Gasteiger partial charge in [-0.05, 0) is 77.0 Å². The molecule has 0 spiro atoms. The minimum absolute atomic E-state index is 0.00903. The third-order valence-electron chi connectivity index (χ3n) is 15.7. The van der Waals surface area contributed by atoms with Crippen molar-refractivity contribution in [1.29, 1.82) is 0 Å². The van der Waals surface area contributed by atoms with E-state index in [1.54, 1.807) is 6.08 Å². The minimum atomic E-state index is -4.62. The molecule has 0 bridgehead atoms. The number of hydrogen-bond acceptors (Lipinski definition) is 6. The van der Waals surface area contributed by atoms with Crippen molar-refractivity contribution in [2.75, 3.05) is 40.9 Å². The largest absolute Gasteiger partial charge is 0.756 e. The number of allylic oxidation sites excluding steroid dienone is 9. The lowest BCUT2D eigenvalue weighted by Gasteiger charge is -2.29. The number of aliphatic hydroxyl groups is 1. The maximum absolute atomic E-state index is 13.0. The lowest BCUT2D eigenvalue weighted by atomic mass is 10.0. The number of quaternary nitrogens is 1. The Kier molecular flexibility index (Phi) is 60.4. The highest BCUT2D eigenvalue weighted by Gasteiger charge is 2.23. The number of phosphoric acid groups is 1. The summed E-state index contributed by atoms with van der Waals surface area (Å²) < 4.78 is 23.4. The molecule has 0 aliphatic carbocycles. The first kappa shape index (κ1) is 78.2. The second kappa shape index (κ2) is 61.8. The van der Waals surface area contributed by atoms with E-state index in [9.17, 15) is 19.4 Å². The van der Waals surface area contributed by atoms with Crippen molar-refractivity contribution in [3.63, 3.8) is 0 Å². The van der Waals surface area contributed by atoms with Gasteiger partial charge in [-0.1, -0.05) is 312 Å². The molecular weight excluding hydrogens is 1010 g/mol. The van der Waals surface area contributed by atoms with E-state index >= 15 is 0 Å². The average molecular weight is 1140 g/mol. The van der Waals surface area contributed by atoms with Crippen LogP contribution in [0.2, 0.25) is 0 Å². The molecule has 0 heterocycles. The molecule has 0 radical (unpaired) electrons. The summed E-state index contributed by atoms with van der Waals surface area (Å²) in [5.41, 5.74) is 0. The molecule has 3 unspecified atom stereocenters. The predicted octanol–water partition coefficient (Wildman–Crippen LogP) is 21.4. The number of unbranched alkanes of at least 4 members (excludes halogenated alkanes) is 43. The Morgan fingerprint density at radius 1 is 0.438 bits per heavy atom. The number of rotatable bonds is 64. The van der Waals surface area contributed by atoms with Crippen LogP contribution in [0.15, 0.2) is 60.8 Å². The molecule has 0 fully saturated rings. The number of likely N-dealkylation sites (N-methyl/N-ethyl adjacent to an activating group) is 1. The second-order valence-electron chi connectivity index (χ2n) is 24.9. The van der Waals surface area contributed by atoms with Crippen molar-refractivity contribution in [1.82, 2.24) is 5.32 Å². The van der Waals surface area contributed by atoms with Gasteiger partial charge in [-0.25, -0.2) is 0 Å². The number of phosphoric ester groups is 1. The second-order valence-corrected chi connectivity index (χ2v) is 26.3. The summed E-state index contributed by atoms with van der Waals surface area (Å²) in [7, 11) is 1.24. The van der Waals surface area contributed by atoms with Gasteiger partial charge in [-0.2, -0.15) is 0 Å². The van der Waals surface area contributed by atoms with Crippen LogP contribution in [0.5, 0.6) is 0 Å². The van der Waals surface area contributed by atoms with Crippen LogP contribution in [0.4, 0.5) is 0 Å². The molecule has 9 heteroatoms. The molecule has 2 N–H and O–H groups in total. The molecule has 3 atom stereocenters. The number of hydrogen-bond donors (Lipinski definition) is 2. The molecule has 470 valence electrons. The highest BCUT2D eigenvalue weighted by atomic mass is 31.2. The van der Waals surface area contributed by atoms with E-state index < -0.39 is 26.6 Å². The summed E-state index contributed by atoms with van der Waals surface area (Å²) in [6.45, 7) is 4.65. The molecule has 0 aromatic carbocycles. The quantitative estimate of drug-likeness (QED) is 0.0272. The number of carbonyl (C=O) groups is 1. The van der Waals surface area contributed by atoms with Gasteiger partial charge in [-0.15, -0.1) is 0 Å². The zero-order valence-electron chi connectivity index (χ0n) is 53.8. The Balaban J connectivity index is 4.12. The van der Waals surface area contributed by atoms with Gasteiger partial charge in [0.25, 0.3) is 7.82 Å². The van der Waals surface area contributed by atoms with E-state index in [2.05, 4.69) is 67.8 Å². The summed E-state index contributed by atoms with van der Waals surface area (Å²) in [4.78, 5) is 25.6. The fourth-order valence-corrected chi connectivity index (χ4v) is 11.0. The lowest BCUT2D eigenvalue weighted by molar-refractivity contribution is -0.870. The Morgan fingerprint density at radius 3 is 1.09 bits per heavy atom. The normalized spacial score (nSPS) is 14.0. The zero-order chi connectivity index (χ0) is 58.4. The van der Waals surface area contributed by atoms with E-state index in [4.69, 9.17) is 9.05 Å². The first-order valence-corrected chi connectivity index (χ1v) is 36.1. The van der Waals surface area contributed by atoms with E-state index in [1.807, 2.05) is 27.2 Å². The smallest absolute Gasteiger partial charge is 0.268 e. The third-order valence-corrected chi connectivity index (χ3v) is 16.6. The molecule has 80 heavy (non-hydrogen) atoms. The molecule has 0 rings (SSSR count). The van der Waals surface area contributed by atoms with E-state index in [0.717, 1.165) is 51.4 Å². The highest BCUT2D eigenvalue weighted by Crippen LogP contribution is 2.38. The van der Waals surface area contributed by atoms with Gasteiger partial charge in [0.15, 0.2) is 0 Å². The zero-order valence-corrected chi connectivity index (χ0v) is 54.7. The Labute approximate surface area is 498 Å². The molecule has 0 aromatic rings. The number of aliphatic hydroxyl groups excluding tert-OH is 1. The van der Waals surface area contributed by atoms with E-state index in [0.29, 0.717) is 17.4 Å². The van der Waals surface area contributed by atoms with Crippen LogP contribution in [0.1, 0.15) is 335 Å². The Bertz CT molecular complexity index is 1490. The van der Waals surface area contributed by atoms with Crippen LogP contribution in [-0.4, -0.2) is 68.5 Å². The standard InChI is InChI=1S/C71H135N2O6P/c1-6-8-10-12-14-16-18-20-22-24-26-28-30-32-34-35-36-37-39-41-43-45-47-49-51-53-55-57-59-61-63-65-71(75)72-69(68-79-80(76,77)78-67-66-73(3,4)5)70(74)64-62-60-58-56-54-52-50-48-46-44-42-40-38-33-31-29-27-25-23-21-19-17-15-13-11-9-7-2/h18,20,24,26,46,48,54,56,62,64,69-70,74H,6-17,19,21-23,25,27-45,47,49-53,55,57-61,63,65-68H2,1-5H3,(H-,72,75,76,77)/b20-18-,26-24-,48-46+,56-54+,64-62+. The van der Waals surface area contributed by atoms with Crippen molar-refractivity contribution < 1.29 is 32.9 Å². The van der Waals surface area contributed by atoms with Crippen molar-refractivity contribution in [3.8, 4) is 0 Å². The summed E-state index contributed by atoms with van der Waals surface area (Å²) in [6, 6.07) is -0.912. The Morgan fingerprint density at radius 2 is 0.738 bits per heavy atom. The first-order valence-electron chi connectivity index (χ1n) is 34.7.